The fourth-order valence-electron chi connectivity index (χ4n) is 3.06. The van der Waals surface area contributed by atoms with Crippen molar-refractivity contribution in [3.8, 4) is 11.4 Å². The molecule has 0 saturated carbocycles. The molecule has 4 aromatic rings. The molecule has 4 rings (SSSR count). The van der Waals surface area contributed by atoms with E-state index in [0.717, 1.165) is 17.2 Å². The van der Waals surface area contributed by atoms with Gasteiger partial charge in [0.1, 0.15) is 0 Å². The number of aryl methyl sites for hydroxylation is 1. The number of carbonyl (C=O) groups is 1. The summed E-state index contributed by atoms with van der Waals surface area (Å²) in [5.41, 5.74) is 4.59. The first kappa shape index (κ1) is 15.1. The van der Waals surface area contributed by atoms with Crippen molar-refractivity contribution in [1.29, 1.82) is 0 Å². The third-order valence-corrected chi connectivity index (χ3v) is 4.19. The maximum atomic E-state index is 11.5. The van der Waals surface area contributed by atoms with Crippen LogP contribution in [-0.2, 0) is 6.54 Å². The Bertz CT molecular complexity index is 1130. The predicted octanol–water partition coefficient (Wildman–Crippen LogP) is 3.15. The van der Waals surface area contributed by atoms with Gasteiger partial charge in [0.15, 0.2) is 12.1 Å². The third kappa shape index (κ3) is 2.78. The molecule has 0 unspecified atom stereocenters. The molecule has 6 nitrogen and oxygen atoms in total. The molecule has 0 atom stereocenters. The fraction of sp³-hybridized carbons (Fsp3) is 0.105. The summed E-state index contributed by atoms with van der Waals surface area (Å²) in [7, 11) is 0. The standard InChI is InChI=1S/C19H15N3O3/c1-12-3-2-4-13(7-12)9-22-10-15(11-23)16-8-14(5-6-17(16)22)18-20-19(24)25-21-18/h2-8,10-11H,9H2,1H3,(H,20,21,24). The van der Waals surface area contributed by atoms with Crippen molar-refractivity contribution >= 4 is 17.2 Å². The molecule has 25 heavy (non-hydrogen) atoms. The van der Waals surface area contributed by atoms with Crippen LogP contribution in [0.2, 0.25) is 0 Å². The Morgan fingerprint density at radius 1 is 1.24 bits per heavy atom. The molecule has 2 aromatic carbocycles. The molecule has 2 heterocycles. The van der Waals surface area contributed by atoms with Crippen LogP contribution in [0.15, 0.2) is 58.0 Å². The van der Waals surface area contributed by atoms with Gasteiger partial charge in [-0.15, -0.1) is 0 Å². The van der Waals surface area contributed by atoms with Gasteiger partial charge in [-0.1, -0.05) is 35.0 Å². The summed E-state index contributed by atoms with van der Waals surface area (Å²) in [6.45, 7) is 2.73. The summed E-state index contributed by atoms with van der Waals surface area (Å²) in [5.74, 6) is -0.266. The molecule has 0 aliphatic carbocycles. The van der Waals surface area contributed by atoms with Gasteiger partial charge in [-0.3, -0.25) is 14.3 Å². The minimum atomic E-state index is -0.609. The smallest absolute Gasteiger partial charge is 0.342 e. The van der Waals surface area contributed by atoms with Crippen molar-refractivity contribution in [3.05, 3.63) is 75.9 Å². The fourth-order valence-corrected chi connectivity index (χ4v) is 3.06. The van der Waals surface area contributed by atoms with E-state index in [1.165, 1.54) is 11.1 Å². The lowest BCUT2D eigenvalue weighted by Gasteiger charge is -2.07. The van der Waals surface area contributed by atoms with E-state index in [1.807, 2.05) is 35.0 Å². The number of aromatic nitrogens is 3. The molecule has 0 aliphatic heterocycles. The van der Waals surface area contributed by atoms with Crippen molar-refractivity contribution in [3.63, 3.8) is 0 Å². The van der Waals surface area contributed by atoms with Crippen molar-refractivity contribution in [2.45, 2.75) is 13.5 Å². The van der Waals surface area contributed by atoms with Crippen LogP contribution in [-0.4, -0.2) is 21.0 Å². The number of hydrogen-bond donors (Lipinski definition) is 1. The minimum Gasteiger partial charge on any atom is -0.342 e. The topological polar surface area (TPSA) is 80.9 Å². The second kappa shape index (κ2) is 5.90. The number of aromatic amines is 1. The molecular formula is C19H15N3O3. The molecule has 0 aliphatic rings. The highest BCUT2D eigenvalue weighted by Gasteiger charge is 2.12. The lowest BCUT2D eigenvalue weighted by molar-refractivity contribution is 0.112. The molecule has 0 saturated heterocycles. The van der Waals surface area contributed by atoms with Gasteiger partial charge in [0.25, 0.3) is 0 Å². The number of H-pyrrole nitrogens is 1. The van der Waals surface area contributed by atoms with Crippen molar-refractivity contribution < 1.29 is 9.32 Å². The molecule has 1 N–H and O–H groups in total. The Balaban J connectivity index is 1.81. The van der Waals surface area contributed by atoms with Gasteiger partial charge in [-0.2, -0.15) is 0 Å². The first-order valence-electron chi connectivity index (χ1n) is 7.84. The zero-order chi connectivity index (χ0) is 17.4. The molecule has 0 radical (unpaired) electrons. The Morgan fingerprint density at radius 3 is 2.84 bits per heavy atom. The van der Waals surface area contributed by atoms with Gasteiger partial charge >= 0.3 is 5.76 Å². The number of benzene rings is 2. The first-order valence-corrected chi connectivity index (χ1v) is 7.84. The predicted molar refractivity (Wildman–Crippen MR) is 93.7 cm³/mol. The van der Waals surface area contributed by atoms with Gasteiger partial charge < -0.3 is 4.57 Å². The Morgan fingerprint density at radius 2 is 2.12 bits per heavy atom. The molecule has 2 aromatic heterocycles. The molecule has 0 spiro atoms. The van der Waals surface area contributed by atoms with E-state index in [-0.39, 0.29) is 0 Å². The van der Waals surface area contributed by atoms with E-state index in [4.69, 9.17) is 0 Å². The maximum Gasteiger partial charge on any atom is 0.439 e. The summed E-state index contributed by atoms with van der Waals surface area (Å²) in [5, 5.41) is 4.50. The van der Waals surface area contributed by atoms with Gasteiger partial charge in [-0.05, 0) is 30.7 Å². The van der Waals surface area contributed by atoms with Crippen LogP contribution in [0.5, 0.6) is 0 Å². The van der Waals surface area contributed by atoms with Crippen LogP contribution in [0.3, 0.4) is 0 Å². The molecule has 0 amide bonds. The van der Waals surface area contributed by atoms with Gasteiger partial charge in [0.2, 0.25) is 0 Å². The Labute approximate surface area is 142 Å². The molecule has 6 heteroatoms. The van der Waals surface area contributed by atoms with Gasteiger partial charge in [-0.25, -0.2) is 4.79 Å². The monoisotopic (exact) mass is 333 g/mol. The number of rotatable bonds is 4. The summed E-state index contributed by atoms with van der Waals surface area (Å²) in [6, 6.07) is 13.9. The zero-order valence-electron chi connectivity index (χ0n) is 13.5. The first-order chi connectivity index (χ1) is 12.1. The Hall–Kier alpha value is -3.41. The number of fused-ring (bicyclic) bond motifs is 1. The molecule has 124 valence electrons. The van der Waals surface area contributed by atoms with E-state index in [0.29, 0.717) is 23.5 Å². The van der Waals surface area contributed by atoms with Gasteiger partial charge in [0.05, 0.1) is 0 Å². The van der Waals surface area contributed by atoms with Crippen LogP contribution < -0.4 is 5.76 Å². The third-order valence-electron chi connectivity index (χ3n) is 4.19. The molecule has 0 bridgehead atoms. The maximum absolute atomic E-state index is 11.5. The second-order valence-corrected chi connectivity index (χ2v) is 5.99. The minimum absolute atomic E-state index is 0.343. The van der Waals surface area contributed by atoms with E-state index in [1.54, 1.807) is 0 Å². The second-order valence-electron chi connectivity index (χ2n) is 5.99. The summed E-state index contributed by atoms with van der Waals surface area (Å²) in [4.78, 5) is 25.1. The number of nitrogens with one attached hydrogen (secondary N) is 1. The van der Waals surface area contributed by atoms with Crippen LogP contribution in [0.25, 0.3) is 22.3 Å². The lowest BCUT2D eigenvalue weighted by atomic mass is 10.1. The SMILES string of the molecule is Cc1cccc(Cn2cc(C=O)c3cc(-c4noc(=O)[nH]4)ccc32)c1. The van der Waals surface area contributed by atoms with Crippen LogP contribution in [0, 0.1) is 6.92 Å². The summed E-state index contributed by atoms with van der Waals surface area (Å²) >= 11 is 0. The van der Waals surface area contributed by atoms with E-state index < -0.39 is 5.76 Å². The highest BCUT2D eigenvalue weighted by atomic mass is 16.5. The van der Waals surface area contributed by atoms with E-state index in [2.05, 4.69) is 39.8 Å². The van der Waals surface area contributed by atoms with Crippen molar-refractivity contribution in [1.82, 2.24) is 14.7 Å². The Kier molecular flexibility index (Phi) is 3.57. The van der Waals surface area contributed by atoms with Crippen molar-refractivity contribution in [2.75, 3.05) is 0 Å². The van der Waals surface area contributed by atoms with Gasteiger partial charge in [0, 0.05) is 34.8 Å². The largest absolute Gasteiger partial charge is 0.439 e. The van der Waals surface area contributed by atoms with E-state index >= 15 is 0 Å². The highest BCUT2D eigenvalue weighted by Crippen LogP contribution is 2.26. The lowest BCUT2D eigenvalue weighted by Crippen LogP contribution is -1.98. The summed E-state index contributed by atoms with van der Waals surface area (Å²) < 4.78 is 6.59. The number of nitrogens with zero attached hydrogens (tertiary/aromatic N) is 2. The van der Waals surface area contributed by atoms with Crippen LogP contribution in [0.4, 0.5) is 0 Å². The highest BCUT2D eigenvalue weighted by molar-refractivity contribution is 5.99. The molecule has 0 fully saturated rings. The van der Waals surface area contributed by atoms with E-state index in [9.17, 15) is 9.59 Å². The number of aldehydes is 1. The zero-order valence-corrected chi connectivity index (χ0v) is 13.5. The van der Waals surface area contributed by atoms with Crippen molar-refractivity contribution in [2.24, 2.45) is 0 Å². The molecular weight excluding hydrogens is 318 g/mol. The number of carbonyl (C=O) groups excluding carboxylic acids is 1. The normalized spacial score (nSPS) is 11.1. The average molecular weight is 333 g/mol. The summed E-state index contributed by atoms with van der Waals surface area (Å²) in [6.07, 6.45) is 2.68. The quantitative estimate of drug-likeness (QED) is 0.582. The van der Waals surface area contributed by atoms with Crippen LogP contribution in [0.1, 0.15) is 21.5 Å². The average Bonchev–Trinajstić information content (AvgIpc) is 3.18. The number of hydrogen-bond acceptors (Lipinski definition) is 4. The van der Waals surface area contributed by atoms with Crippen LogP contribution >= 0.6 is 0 Å².